The van der Waals surface area contributed by atoms with E-state index in [1.807, 2.05) is 6.92 Å². The van der Waals surface area contributed by atoms with Gasteiger partial charge in [-0.3, -0.25) is 0 Å². The second-order valence-electron chi connectivity index (χ2n) is 7.19. The number of rotatable bonds is 1. The van der Waals surface area contributed by atoms with E-state index in [4.69, 9.17) is 0 Å². The van der Waals surface area contributed by atoms with E-state index in [0.29, 0.717) is 17.4 Å². The van der Waals surface area contributed by atoms with Gasteiger partial charge >= 0.3 is 0 Å². The summed E-state index contributed by atoms with van der Waals surface area (Å²) in [5.74, 6) is 7.93. The molecule has 4 aromatic carbocycles. The molecular formula is C28H16F4. The van der Waals surface area contributed by atoms with Gasteiger partial charge in [0.25, 0.3) is 0 Å². The highest BCUT2D eigenvalue weighted by Crippen LogP contribution is 2.18. The smallest absolute Gasteiger partial charge is 0.143 e. The third kappa shape index (κ3) is 4.66. The predicted octanol–water partition coefficient (Wildman–Crippen LogP) is 6.76. The molecular weight excluding hydrogens is 412 g/mol. The van der Waals surface area contributed by atoms with Crippen molar-refractivity contribution in [3.8, 4) is 23.7 Å². The van der Waals surface area contributed by atoms with Gasteiger partial charge in [-0.1, -0.05) is 48.8 Å². The molecule has 0 aliphatic rings. The van der Waals surface area contributed by atoms with Crippen LogP contribution in [-0.4, -0.2) is 0 Å². The van der Waals surface area contributed by atoms with Crippen molar-refractivity contribution in [1.82, 2.24) is 0 Å². The van der Waals surface area contributed by atoms with E-state index in [1.165, 1.54) is 18.2 Å². The molecule has 0 amide bonds. The lowest BCUT2D eigenvalue weighted by Gasteiger charge is -2.01. The highest BCUT2D eigenvalue weighted by Gasteiger charge is 2.09. The van der Waals surface area contributed by atoms with Crippen LogP contribution >= 0.6 is 0 Å². The van der Waals surface area contributed by atoms with E-state index < -0.39 is 17.5 Å². The molecule has 0 aliphatic heterocycles. The van der Waals surface area contributed by atoms with Crippen LogP contribution in [0.1, 0.15) is 34.7 Å². The summed E-state index contributed by atoms with van der Waals surface area (Å²) in [5.41, 5.74) is 1.23. The van der Waals surface area contributed by atoms with Crippen LogP contribution in [0.5, 0.6) is 0 Å². The molecule has 0 aromatic heterocycles. The van der Waals surface area contributed by atoms with Crippen LogP contribution in [-0.2, 0) is 6.42 Å². The monoisotopic (exact) mass is 428 g/mol. The van der Waals surface area contributed by atoms with Crippen molar-refractivity contribution in [2.45, 2.75) is 13.3 Å². The van der Waals surface area contributed by atoms with Crippen LogP contribution < -0.4 is 0 Å². The lowest BCUT2D eigenvalue weighted by Crippen LogP contribution is -1.93. The van der Waals surface area contributed by atoms with Crippen LogP contribution in [0.15, 0.2) is 66.7 Å². The molecule has 0 N–H and O–H groups in total. The standard InChI is InChI=1S/C28H16F4/c1-2-18-3-7-21(26(30)14-18)8-5-20-15-27(31)25(28(32)16-20)12-6-19-4-9-23-17-24(29)11-10-22(23)13-19/h3-4,7,9-11,13-17H,2H2,1H3. The molecule has 0 atom stereocenters. The van der Waals surface area contributed by atoms with E-state index in [2.05, 4.69) is 23.7 Å². The quantitative estimate of drug-likeness (QED) is 0.232. The van der Waals surface area contributed by atoms with Crippen LogP contribution in [0, 0.1) is 47.0 Å². The molecule has 0 heterocycles. The Balaban J connectivity index is 1.62. The number of halogens is 4. The normalized spacial score (nSPS) is 10.3. The zero-order valence-electron chi connectivity index (χ0n) is 17.1. The van der Waals surface area contributed by atoms with Gasteiger partial charge in [-0.05, 0) is 71.3 Å². The molecule has 0 bridgehead atoms. The van der Waals surface area contributed by atoms with Gasteiger partial charge in [0.1, 0.15) is 23.3 Å². The lowest BCUT2D eigenvalue weighted by molar-refractivity contribution is 0.577. The second kappa shape index (κ2) is 9.00. The number of hydrogen-bond donors (Lipinski definition) is 0. The van der Waals surface area contributed by atoms with Crippen LogP contribution in [0.4, 0.5) is 17.6 Å². The first-order valence-electron chi connectivity index (χ1n) is 9.94. The van der Waals surface area contributed by atoms with Crippen molar-refractivity contribution < 1.29 is 17.6 Å². The molecule has 0 saturated heterocycles. The van der Waals surface area contributed by atoms with Gasteiger partial charge in [-0.2, -0.15) is 0 Å². The highest BCUT2D eigenvalue weighted by atomic mass is 19.1. The fourth-order valence-electron chi connectivity index (χ4n) is 3.21. The van der Waals surface area contributed by atoms with Crippen molar-refractivity contribution in [2.24, 2.45) is 0 Å². The van der Waals surface area contributed by atoms with Crippen molar-refractivity contribution in [1.29, 1.82) is 0 Å². The summed E-state index contributed by atoms with van der Waals surface area (Å²) in [6.07, 6.45) is 0.696. The lowest BCUT2D eigenvalue weighted by atomic mass is 10.1. The first-order valence-corrected chi connectivity index (χ1v) is 9.94. The minimum absolute atomic E-state index is 0.0808. The van der Waals surface area contributed by atoms with Crippen molar-refractivity contribution in [3.05, 3.63) is 118 Å². The molecule has 0 spiro atoms. The average Bonchev–Trinajstić information content (AvgIpc) is 2.77. The number of hydrogen-bond acceptors (Lipinski definition) is 0. The van der Waals surface area contributed by atoms with Crippen LogP contribution in [0.3, 0.4) is 0 Å². The molecule has 0 nitrogen and oxygen atoms in total. The fraction of sp³-hybridized carbons (Fsp3) is 0.0714. The SMILES string of the molecule is CCc1ccc(C#Cc2cc(F)c(C#Cc3ccc4cc(F)ccc4c3)c(F)c2)c(F)c1. The van der Waals surface area contributed by atoms with E-state index in [0.717, 1.165) is 23.1 Å². The number of benzene rings is 4. The van der Waals surface area contributed by atoms with Crippen LogP contribution in [0.25, 0.3) is 10.8 Å². The maximum Gasteiger partial charge on any atom is 0.143 e. The Morgan fingerprint density at radius 2 is 1.28 bits per heavy atom. The molecule has 4 aromatic rings. The average molecular weight is 428 g/mol. The Labute approximate surface area is 183 Å². The summed E-state index contributed by atoms with van der Waals surface area (Å²) in [7, 11) is 0. The van der Waals surface area contributed by atoms with Gasteiger partial charge in [-0.25, -0.2) is 17.6 Å². The Kier molecular flexibility index (Phi) is 5.97. The maximum atomic E-state index is 14.5. The largest absolute Gasteiger partial charge is 0.207 e. The first kappa shape index (κ1) is 21.2. The topological polar surface area (TPSA) is 0 Å². The number of fused-ring (bicyclic) bond motifs is 1. The summed E-state index contributed by atoms with van der Waals surface area (Å²) < 4.78 is 56.3. The Hall–Kier alpha value is -4.02. The van der Waals surface area contributed by atoms with Gasteiger partial charge in [0.2, 0.25) is 0 Å². The van der Waals surface area contributed by atoms with Gasteiger partial charge in [-0.15, -0.1) is 0 Å². The predicted molar refractivity (Wildman–Crippen MR) is 118 cm³/mol. The van der Waals surface area contributed by atoms with Crippen molar-refractivity contribution in [2.75, 3.05) is 0 Å². The van der Waals surface area contributed by atoms with Crippen molar-refractivity contribution >= 4 is 10.8 Å². The van der Waals surface area contributed by atoms with Gasteiger partial charge in [0, 0.05) is 11.1 Å². The third-order valence-electron chi connectivity index (χ3n) is 4.96. The fourth-order valence-corrected chi connectivity index (χ4v) is 3.21. The van der Waals surface area contributed by atoms with Gasteiger partial charge in [0.15, 0.2) is 0 Å². The van der Waals surface area contributed by atoms with E-state index in [-0.39, 0.29) is 22.5 Å². The van der Waals surface area contributed by atoms with Gasteiger partial charge < -0.3 is 0 Å². The zero-order valence-corrected chi connectivity index (χ0v) is 17.1. The Morgan fingerprint density at radius 1 is 0.594 bits per heavy atom. The minimum atomic E-state index is -0.855. The molecule has 0 fully saturated rings. The molecule has 156 valence electrons. The number of aryl methyl sites for hydroxylation is 1. The van der Waals surface area contributed by atoms with Gasteiger partial charge in [0.05, 0.1) is 11.1 Å². The van der Waals surface area contributed by atoms with E-state index >= 15 is 0 Å². The summed E-state index contributed by atoms with van der Waals surface area (Å²) >= 11 is 0. The maximum absolute atomic E-state index is 14.5. The second-order valence-corrected chi connectivity index (χ2v) is 7.19. The van der Waals surface area contributed by atoms with E-state index in [9.17, 15) is 17.6 Å². The zero-order chi connectivity index (χ0) is 22.7. The van der Waals surface area contributed by atoms with E-state index in [1.54, 1.807) is 36.4 Å². The minimum Gasteiger partial charge on any atom is -0.207 e. The molecule has 4 rings (SSSR count). The highest BCUT2D eigenvalue weighted by molar-refractivity contribution is 5.84. The summed E-state index contributed by atoms with van der Waals surface area (Å²) in [6, 6.07) is 16.3. The molecule has 32 heavy (non-hydrogen) atoms. The summed E-state index contributed by atoms with van der Waals surface area (Å²) in [4.78, 5) is 0. The molecule has 0 saturated carbocycles. The third-order valence-corrected chi connectivity index (χ3v) is 4.96. The summed E-state index contributed by atoms with van der Waals surface area (Å²) in [6.45, 7) is 1.91. The first-order chi connectivity index (χ1) is 15.4. The Morgan fingerprint density at radius 3 is 2.00 bits per heavy atom. The molecule has 0 radical (unpaired) electrons. The molecule has 4 heteroatoms. The molecule has 0 unspecified atom stereocenters. The Bertz CT molecular complexity index is 1440. The van der Waals surface area contributed by atoms with Crippen LogP contribution in [0.2, 0.25) is 0 Å². The van der Waals surface area contributed by atoms with Crippen molar-refractivity contribution in [3.63, 3.8) is 0 Å². The molecule has 0 aliphatic carbocycles. The summed E-state index contributed by atoms with van der Waals surface area (Å²) in [5, 5.41) is 1.47.